The zero-order valence-corrected chi connectivity index (χ0v) is 12.7. The normalized spacial score (nSPS) is 31.4. The number of phosphoric ester groups is 1. The Balaban J connectivity index is 2.50. The highest BCUT2D eigenvalue weighted by atomic mass is 31.2. The summed E-state index contributed by atoms with van der Waals surface area (Å²) in [5.74, 6) is -2.29. The molecule has 0 bridgehead atoms. The predicted molar refractivity (Wildman–Crippen MR) is 72.8 cm³/mol. The number of phosphoric acid groups is 1. The molecule has 1 aromatic heterocycles. The van der Waals surface area contributed by atoms with Crippen molar-refractivity contribution in [2.75, 3.05) is 19.5 Å². The molecule has 1 saturated heterocycles. The minimum atomic E-state index is -5.01. The fourth-order valence-corrected chi connectivity index (χ4v) is 2.88. The molecule has 2 rings (SSSR count). The van der Waals surface area contributed by atoms with Crippen LogP contribution in [0.25, 0.3) is 0 Å². The van der Waals surface area contributed by atoms with Gasteiger partial charge in [0.2, 0.25) is 0 Å². The van der Waals surface area contributed by atoms with Gasteiger partial charge in [0.05, 0.1) is 6.61 Å². The minimum Gasteiger partial charge on any atom is -0.394 e. The van der Waals surface area contributed by atoms with Crippen LogP contribution in [0.1, 0.15) is 0 Å². The number of methoxy groups -OCH3 is 1. The van der Waals surface area contributed by atoms with Crippen molar-refractivity contribution in [2.24, 2.45) is 0 Å². The topological polar surface area (TPSA) is 187 Å². The molecule has 4 atom stereocenters. The van der Waals surface area contributed by atoms with Gasteiger partial charge in [-0.15, -0.1) is 0 Å². The Kier molecular flexibility index (Phi) is 4.89. The van der Waals surface area contributed by atoms with E-state index in [4.69, 9.17) is 25.0 Å². The largest absolute Gasteiger partial charge is 0.470 e. The van der Waals surface area contributed by atoms with E-state index in [-0.39, 0.29) is 5.82 Å². The lowest BCUT2D eigenvalue weighted by molar-refractivity contribution is -0.305. The summed E-state index contributed by atoms with van der Waals surface area (Å²) in [7, 11) is -3.93. The fourth-order valence-electron chi connectivity index (χ4n) is 2.31. The SMILES string of the molecule is CO[C@@]1(n2ccc(N)nc2=O)O[C@H](CO)[C@@H](OP(=O)(O)O)[C@H]1O. The average Bonchev–Trinajstić information content (AvgIpc) is 2.71. The molecule has 6 N–H and O–H groups in total. The molecule has 0 amide bonds. The van der Waals surface area contributed by atoms with Crippen LogP contribution in [-0.4, -0.2) is 61.6 Å². The molecule has 0 aromatic carbocycles. The molecule has 1 aliphatic rings. The first-order valence-corrected chi connectivity index (χ1v) is 7.79. The average molecular weight is 353 g/mol. The predicted octanol–water partition coefficient (Wildman–Crippen LogP) is -2.69. The monoisotopic (exact) mass is 353 g/mol. The summed E-state index contributed by atoms with van der Waals surface area (Å²) < 4.78 is 26.6. The maximum atomic E-state index is 12.0. The van der Waals surface area contributed by atoms with E-state index in [1.807, 2.05) is 0 Å². The van der Waals surface area contributed by atoms with Crippen LogP contribution >= 0.6 is 7.82 Å². The third kappa shape index (κ3) is 3.29. The van der Waals surface area contributed by atoms with Gasteiger partial charge in [0, 0.05) is 13.3 Å². The Morgan fingerprint density at radius 2 is 2.22 bits per heavy atom. The van der Waals surface area contributed by atoms with Gasteiger partial charge in [-0.25, -0.2) is 13.9 Å². The van der Waals surface area contributed by atoms with E-state index in [1.54, 1.807) is 0 Å². The van der Waals surface area contributed by atoms with Crippen LogP contribution < -0.4 is 11.4 Å². The number of hydrogen-bond acceptors (Lipinski definition) is 9. The van der Waals surface area contributed by atoms with Crippen LogP contribution in [0, 0.1) is 0 Å². The maximum absolute atomic E-state index is 12.0. The van der Waals surface area contributed by atoms with Gasteiger partial charge in [-0.1, -0.05) is 0 Å². The molecule has 1 aromatic rings. The van der Waals surface area contributed by atoms with E-state index >= 15 is 0 Å². The van der Waals surface area contributed by atoms with Gasteiger partial charge in [-0.05, 0) is 6.07 Å². The first kappa shape index (κ1) is 18.0. The lowest BCUT2D eigenvalue weighted by Crippen LogP contribution is -2.52. The number of rotatable bonds is 5. The molecule has 12 nitrogen and oxygen atoms in total. The number of nitrogens with two attached hydrogens (primary N) is 1. The van der Waals surface area contributed by atoms with E-state index in [2.05, 4.69) is 9.51 Å². The van der Waals surface area contributed by atoms with Crippen LogP contribution in [0.3, 0.4) is 0 Å². The molecule has 1 fully saturated rings. The first-order valence-electron chi connectivity index (χ1n) is 6.26. The molecule has 0 saturated carbocycles. The van der Waals surface area contributed by atoms with Crippen LogP contribution in [0.2, 0.25) is 0 Å². The molecular formula is C10H16N3O9P. The maximum Gasteiger partial charge on any atom is 0.470 e. The van der Waals surface area contributed by atoms with Crippen LogP contribution in [-0.2, 0) is 24.5 Å². The van der Waals surface area contributed by atoms with E-state index in [9.17, 15) is 19.6 Å². The third-order valence-corrected chi connectivity index (χ3v) is 3.78. The van der Waals surface area contributed by atoms with Gasteiger partial charge in [0.25, 0.3) is 5.91 Å². The lowest BCUT2D eigenvalue weighted by atomic mass is 10.1. The summed E-state index contributed by atoms with van der Waals surface area (Å²) >= 11 is 0. The summed E-state index contributed by atoms with van der Waals surface area (Å²) in [5, 5.41) is 19.7. The van der Waals surface area contributed by atoms with Crippen molar-refractivity contribution in [3.8, 4) is 0 Å². The molecule has 0 aliphatic carbocycles. The quantitative estimate of drug-likeness (QED) is 0.347. The second kappa shape index (κ2) is 6.26. The van der Waals surface area contributed by atoms with Gasteiger partial charge >= 0.3 is 13.5 Å². The van der Waals surface area contributed by atoms with Crippen molar-refractivity contribution >= 4 is 13.6 Å². The highest BCUT2D eigenvalue weighted by Gasteiger charge is 2.59. The summed E-state index contributed by atoms with van der Waals surface area (Å²) in [6.45, 7) is -0.760. The number of ether oxygens (including phenoxy) is 2. The van der Waals surface area contributed by atoms with Gasteiger partial charge in [0.1, 0.15) is 18.0 Å². The highest BCUT2D eigenvalue weighted by molar-refractivity contribution is 7.46. The van der Waals surface area contributed by atoms with Crippen molar-refractivity contribution < 1.29 is 38.6 Å². The number of nitrogen functional groups attached to an aromatic ring is 1. The number of anilines is 1. The molecule has 130 valence electrons. The van der Waals surface area contributed by atoms with Gasteiger partial charge in [-0.2, -0.15) is 4.98 Å². The van der Waals surface area contributed by atoms with E-state index < -0.39 is 44.3 Å². The van der Waals surface area contributed by atoms with Crippen molar-refractivity contribution in [1.29, 1.82) is 0 Å². The first-order chi connectivity index (χ1) is 10.6. The smallest absolute Gasteiger partial charge is 0.394 e. The van der Waals surface area contributed by atoms with Crippen LogP contribution in [0.4, 0.5) is 5.82 Å². The Hall–Kier alpha value is -1.37. The van der Waals surface area contributed by atoms with Crippen molar-refractivity contribution in [3.63, 3.8) is 0 Å². The Morgan fingerprint density at radius 1 is 1.57 bits per heavy atom. The number of aromatic nitrogens is 2. The number of hydrogen-bond donors (Lipinski definition) is 5. The fraction of sp³-hybridized carbons (Fsp3) is 0.600. The summed E-state index contributed by atoms with van der Waals surface area (Å²) in [6, 6.07) is 1.23. The highest BCUT2D eigenvalue weighted by Crippen LogP contribution is 2.45. The minimum absolute atomic E-state index is 0.0910. The third-order valence-electron chi connectivity index (χ3n) is 3.26. The molecule has 2 heterocycles. The number of aliphatic hydroxyl groups is 2. The summed E-state index contributed by atoms with van der Waals surface area (Å²) in [6.07, 6.45) is -3.78. The van der Waals surface area contributed by atoms with E-state index in [1.165, 1.54) is 6.07 Å². The second-order valence-corrected chi connectivity index (χ2v) is 5.88. The Bertz CT molecular complexity index is 676. The zero-order chi connectivity index (χ0) is 17.4. The molecule has 13 heteroatoms. The van der Waals surface area contributed by atoms with Gasteiger partial charge in [-0.3, -0.25) is 4.52 Å². The van der Waals surface area contributed by atoms with Crippen molar-refractivity contribution in [2.45, 2.75) is 24.2 Å². The molecule has 0 spiro atoms. The molecule has 0 unspecified atom stereocenters. The molecule has 23 heavy (non-hydrogen) atoms. The number of aliphatic hydroxyl groups excluding tert-OH is 2. The zero-order valence-electron chi connectivity index (χ0n) is 11.8. The van der Waals surface area contributed by atoms with Crippen LogP contribution in [0.15, 0.2) is 17.1 Å². The standard InChI is InChI=1S/C10H16N3O9P/c1-20-10(13-3-2-6(11)12-9(13)16)8(15)7(5(4-14)21-10)22-23(17,18)19/h2-3,5,7-8,14-15H,4H2,1H3,(H2,11,12,16)(H2,17,18,19)/t5-,7-,8-,10-/m1/s1. The van der Waals surface area contributed by atoms with Crippen molar-refractivity contribution in [1.82, 2.24) is 9.55 Å². The summed E-state index contributed by atoms with van der Waals surface area (Å²) in [4.78, 5) is 33.3. The summed E-state index contributed by atoms with van der Waals surface area (Å²) in [5.41, 5.74) is 4.43. The molecular weight excluding hydrogens is 337 g/mol. The Morgan fingerprint density at radius 3 is 2.70 bits per heavy atom. The molecule has 1 aliphatic heterocycles. The van der Waals surface area contributed by atoms with Gasteiger partial charge in [0.15, 0.2) is 6.10 Å². The van der Waals surface area contributed by atoms with Gasteiger partial charge < -0.3 is 35.2 Å². The van der Waals surface area contributed by atoms with E-state index in [0.29, 0.717) is 0 Å². The Labute approximate surface area is 129 Å². The number of nitrogens with zero attached hydrogens (tertiary/aromatic N) is 2. The molecule has 0 radical (unpaired) electrons. The van der Waals surface area contributed by atoms with Crippen LogP contribution in [0.5, 0.6) is 0 Å². The second-order valence-electron chi connectivity index (χ2n) is 4.68. The lowest BCUT2D eigenvalue weighted by Gasteiger charge is -2.31. The van der Waals surface area contributed by atoms with Crippen molar-refractivity contribution in [3.05, 3.63) is 22.7 Å². The van der Waals surface area contributed by atoms with E-state index in [0.717, 1.165) is 17.9 Å².